The molecule has 5 heteroatoms. The molecular formula is C16H20N2O2S. The van der Waals surface area contributed by atoms with Crippen molar-refractivity contribution < 1.29 is 8.42 Å². The number of hydrogen-bond donors (Lipinski definition) is 0. The summed E-state index contributed by atoms with van der Waals surface area (Å²) in [6.07, 6.45) is 7.49. The zero-order chi connectivity index (χ0) is 14.9. The smallest absolute Gasteiger partial charge is 0.199 e. The van der Waals surface area contributed by atoms with Crippen LogP contribution in [0.4, 0.5) is 0 Å². The van der Waals surface area contributed by atoms with E-state index in [1.165, 1.54) is 19.3 Å². The van der Waals surface area contributed by atoms with Gasteiger partial charge in [0.05, 0.1) is 10.6 Å². The van der Waals surface area contributed by atoms with Crippen molar-refractivity contribution in [3.63, 3.8) is 0 Å². The molecule has 1 aliphatic rings. The Balaban J connectivity index is 1.89. The third-order valence-electron chi connectivity index (χ3n) is 4.18. The van der Waals surface area contributed by atoms with Crippen LogP contribution in [-0.2, 0) is 10.0 Å². The van der Waals surface area contributed by atoms with E-state index in [1.54, 1.807) is 30.5 Å². The molecule has 0 saturated heterocycles. The SMILES string of the molecule is Cc1ccc(S(=O)(=O)n2ccc(C3CCCCC3)n2)cc1. The number of rotatable bonds is 3. The first-order valence-corrected chi connectivity index (χ1v) is 8.89. The molecule has 0 unspecified atom stereocenters. The van der Waals surface area contributed by atoms with Crippen molar-refractivity contribution in [2.75, 3.05) is 0 Å². The molecule has 0 bridgehead atoms. The third-order valence-corrected chi connectivity index (χ3v) is 5.74. The molecule has 0 aliphatic heterocycles. The van der Waals surface area contributed by atoms with Crippen LogP contribution in [0.5, 0.6) is 0 Å². The lowest BCUT2D eigenvalue weighted by atomic mass is 9.87. The van der Waals surface area contributed by atoms with Crippen LogP contribution in [0.15, 0.2) is 41.4 Å². The van der Waals surface area contributed by atoms with Crippen molar-refractivity contribution >= 4 is 10.0 Å². The molecule has 1 aromatic carbocycles. The molecule has 0 amide bonds. The van der Waals surface area contributed by atoms with Crippen LogP contribution >= 0.6 is 0 Å². The van der Waals surface area contributed by atoms with E-state index >= 15 is 0 Å². The maximum absolute atomic E-state index is 12.5. The van der Waals surface area contributed by atoms with Crippen LogP contribution < -0.4 is 0 Å². The highest BCUT2D eigenvalue weighted by Gasteiger charge is 2.22. The number of benzene rings is 1. The highest BCUT2D eigenvalue weighted by atomic mass is 32.2. The van der Waals surface area contributed by atoms with E-state index in [-0.39, 0.29) is 4.90 Å². The summed E-state index contributed by atoms with van der Waals surface area (Å²) in [4.78, 5) is 0.284. The Hall–Kier alpha value is -1.62. The maximum Gasteiger partial charge on any atom is 0.282 e. The molecule has 0 N–H and O–H groups in total. The van der Waals surface area contributed by atoms with Crippen molar-refractivity contribution in [1.82, 2.24) is 9.19 Å². The monoisotopic (exact) mass is 304 g/mol. The average molecular weight is 304 g/mol. The minimum Gasteiger partial charge on any atom is -0.199 e. The molecule has 0 spiro atoms. The molecule has 1 aliphatic carbocycles. The van der Waals surface area contributed by atoms with E-state index in [4.69, 9.17) is 0 Å². The Morgan fingerprint density at radius 2 is 1.71 bits per heavy atom. The van der Waals surface area contributed by atoms with E-state index in [2.05, 4.69) is 5.10 Å². The van der Waals surface area contributed by atoms with Gasteiger partial charge in [-0.05, 0) is 38.0 Å². The predicted octanol–water partition coefficient (Wildman–Crippen LogP) is 3.48. The fourth-order valence-electron chi connectivity index (χ4n) is 2.89. The van der Waals surface area contributed by atoms with Gasteiger partial charge in [-0.25, -0.2) is 0 Å². The van der Waals surface area contributed by atoms with Crippen molar-refractivity contribution in [3.8, 4) is 0 Å². The summed E-state index contributed by atoms with van der Waals surface area (Å²) in [6, 6.07) is 8.72. The van der Waals surface area contributed by atoms with Crippen molar-refractivity contribution in [2.45, 2.75) is 49.8 Å². The number of aromatic nitrogens is 2. The van der Waals surface area contributed by atoms with Crippen LogP contribution in [-0.4, -0.2) is 17.6 Å². The normalized spacial score (nSPS) is 17.0. The summed E-state index contributed by atoms with van der Waals surface area (Å²) >= 11 is 0. The van der Waals surface area contributed by atoms with Gasteiger partial charge in [-0.3, -0.25) is 0 Å². The molecule has 0 radical (unpaired) electrons. The topological polar surface area (TPSA) is 52.0 Å². The maximum atomic E-state index is 12.5. The second-order valence-electron chi connectivity index (χ2n) is 5.77. The Kier molecular flexibility index (Phi) is 3.85. The first-order chi connectivity index (χ1) is 10.1. The fourth-order valence-corrected chi connectivity index (χ4v) is 4.01. The standard InChI is InChI=1S/C16H20N2O2S/c1-13-7-9-15(10-8-13)21(19,20)18-12-11-16(17-18)14-5-3-2-4-6-14/h7-12,14H,2-6H2,1H3. The Morgan fingerprint density at radius 1 is 1.05 bits per heavy atom. The third kappa shape index (κ3) is 2.88. The number of nitrogens with zero attached hydrogens (tertiary/aromatic N) is 2. The van der Waals surface area contributed by atoms with Crippen LogP contribution in [0.25, 0.3) is 0 Å². The van der Waals surface area contributed by atoms with Crippen LogP contribution in [0, 0.1) is 6.92 Å². The summed E-state index contributed by atoms with van der Waals surface area (Å²) < 4.78 is 26.2. The largest absolute Gasteiger partial charge is 0.282 e. The van der Waals surface area contributed by atoms with E-state index in [1.807, 2.05) is 13.0 Å². The van der Waals surface area contributed by atoms with Gasteiger partial charge in [-0.2, -0.15) is 17.6 Å². The first kappa shape index (κ1) is 14.3. The minimum absolute atomic E-state index is 0.284. The molecule has 1 aromatic heterocycles. The average Bonchev–Trinajstić information content (AvgIpc) is 2.99. The molecule has 4 nitrogen and oxygen atoms in total. The Bertz CT molecular complexity index is 711. The molecule has 0 atom stereocenters. The zero-order valence-corrected chi connectivity index (χ0v) is 13.0. The molecule has 112 valence electrons. The van der Waals surface area contributed by atoms with Gasteiger partial charge in [-0.1, -0.05) is 37.0 Å². The molecule has 1 heterocycles. The van der Waals surface area contributed by atoms with Crippen LogP contribution in [0.3, 0.4) is 0 Å². The van der Waals surface area contributed by atoms with Crippen molar-refractivity contribution in [1.29, 1.82) is 0 Å². The number of hydrogen-bond acceptors (Lipinski definition) is 3. The van der Waals surface area contributed by atoms with Gasteiger partial charge in [0.1, 0.15) is 0 Å². The van der Waals surface area contributed by atoms with E-state index in [0.29, 0.717) is 5.92 Å². The molecule has 21 heavy (non-hydrogen) atoms. The van der Waals surface area contributed by atoms with Crippen molar-refractivity contribution in [3.05, 3.63) is 47.8 Å². The summed E-state index contributed by atoms with van der Waals surface area (Å²) in [5.41, 5.74) is 1.95. The quantitative estimate of drug-likeness (QED) is 0.872. The summed E-state index contributed by atoms with van der Waals surface area (Å²) in [6.45, 7) is 1.94. The Morgan fingerprint density at radius 3 is 2.38 bits per heavy atom. The zero-order valence-electron chi connectivity index (χ0n) is 12.2. The minimum atomic E-state index is -3.57. The summed E-state index contributed by atoms with van der Waals surface area (Å²) in [5, 5.41) is 4.33. The van der Waals surface area contributed by atoms with Gasteiger partial charge in [0.25, 0.3) is 10.0 Å². The van der Waals surface area contributed by atoms with E-state index < -0.39 is 10.0 Å². The number of aryl methyl sites for hydroxylation is 1. The molecular weight excluding hydrogens is 284 g/mol. The lowest BCUT2D eigenvalue weighted by molar-refractivity contribution is 0.435. The van der Waals surface area contributed by atoms with Crippen molar-refractivity contribution in [2.24, 2.45) is 0 Å². The molecule has 3 rings (SSSR count). The predicted molar refractivity (Wildman–Crippen MR) is 81.8 cm³/mol. The van der Waals surface area contributed by atoms with Gasteiger partial charge < -0.3 is 0 Å². The lowest BCUT2D eigenvalue weighted by Crippen LogP contribution is -2.15. The lowest BCUT2D eigenvalue weighted by Gasteiger charge is -2.19. The first-order valence-electron chi connectivity index (χ1n) is 7.45. The van der Waals surface area contributed by atoms with Crippen LogP contribution in [0.2, 0.25) is 0 Å². The van der Waals surface area contributed by atoms with Gasteiger partial charge in [-0.15, -0.1) is 0 Å². The van der Waals surface area contributed by atoms with Crippen LogP contribution in [0.1, 0.15) is 49.3 Å². The molecule has 2 aromatic rings. The fraction of sp³-hybridized carbons (Fsp3) is 0.438. The van der Waals surface area contributed by atoms with Gasteiger partial charge in [0, 0.05) is 12.1 Å². The van der Waals surface area contributed by atoms with E-state index in [0.717, 1.165) is 28.2 Å². The van der Waals surface area contributed by atoms with Gasteiger partial charge >= 0.3 is 0 Å². The highest BCUT2D eigenvalue weighted by Crippen LogP contribution is 2.31. The summed E-state index contributed by atoms with van der Waals surface area (Å²) in [7, 11) is -3.57. The summed E-state index contributed by atoms with van der Waals surface area (Å²) in [5.74, 6) is 0.410. The van der Waals surface area contributed by atoms with E-state index in [9.17, 15) is 8.42 Å². The van der Waals surface area contributed by atoms with Gasteiger partial charge in [0.2, 0.25) is 0 Å². The second-order valence-corrected chi connectivity index (χ2v) is 7.56. The Labute approximate surface area is 125 Å². The molecule has 1 saturated carbocycles. The second kappa shape index (κ2) is 5.64. The molecule has 1 fully saturated rings. The highest BCUT2D eigenvalue weighted by molar-refractivity contribution is 7.89. The van der Waals surface area contributed by atoms with Gasteiger partial charge in [0.15, 0.2) is 0 Å².